The van der Waals surface area contributed by atoms with Crippen LogP contribution in [0, 0.1) is 5.41 Å². The Morgan fingerprint density at radius 2 is 1.73 bits per heavy atom. The first-order valence-electron chi connectivity index (χ1n) is 10.5. The van der Waals surface area contributed by atoms with Gasteiger partial charge in [0, 0.05) is 19.0 Å². The molecule has 3 aliphatic rings. The number of rotatable bonds is 3. The molecule has 3 aliphatic heterocycles. The molecule has 2 atom stereocenters. The number of piperidine rings is 1. The van der Waals surface area contributed by atoms with E-state index in [9.17, 15) is 9.59 Å². The number of ether oxygens (including phenoxy) is 2. The molecule has 156 valence electrons. The molecule has 2 unspecified atom stereocenters. The van der Waals surface area contributed by atoms with Gasteiger partial charge in [-0.25, -0.2) is 0 Å². The Morgan fingerprint density at radius 3 is 2.47 bits per heavy atom. The first-order chi connectivity index (χ1) is 14.6. The van der Waals surface area contributed by atoms with Crippen LogP contribution in [0.15, 0.2) is 42.5 Å². The Labute approximate surface area is 176 Å². The summed E-state index contributed by atoms with van der Waals surface area (Å²) in [7, 11) is 3.29. The summed E-state index contributed by atoms with van der Waals surface area (Å²) in [4.78, 5) is 30.3. The van der Waals surface area contributed by atoms with Crippen molar-refractivity contribution in [3.05, 3.63) is 53.6 Å². The van der Waals surface area contributed by atoms with E-state index in [1.807, 2.05) is 30.3 Å². The van der Waals surface area contributed by atoms with Crippen molar-refractivity contribution >= 4 is 17.5 Å². The van der Waals surface area contributed by atoms with Gasteiger partial charge in [0.2, 0.25) is 11.8 Å². The summed E-state index contributed by atoms with van der Waals surface area (Å²) in [6.07, 6.45) is 2.61. The number of benzene rings is 2. The summed E-state index contributed by atoms with van der Waals surface area (Å²) < 4.78 is 11.0. The van der Waals surface area contributed by atoms with E-state index in [0.717, 1.165) is 31.7 Å². The van der Waals surface area contributed by atoms with Crippen LogP contribution in [-0.2, 0) is 16.0 Å². The molecule has 0 aliphatic carbocycles. The van der Waals surface area contributed by atoms with Crippen molar-refractivity contribution in [3.8, 4) is 11.5 Å². The summed E-state index contributed by atoms with van der Waals surface area (Å²) >= 11 is 0. The summed E-state index contributed by atoms with van der Waals surface area (Å²) in [6, 6.07) is 13.5. The fraction of sp³-hybridized carbons (Fsp3) is 0.417. The molecule has 2 saturated heterocycles. The predicted octanol–water partition coefficient (Wildman–Crippen LogP) is 3.35. The number of nitrogens with zero attached hydrogens (tertiary/aromatic N) is 2. The molecule has 3 heterocycles. The number of imide groups is 1. The number of methoxy groups -OCH3 is 2. The predicted molar refractivity (Wildman–Crippen MR) is 113 cm³/mol. The molecule has 2 fully saturated rings. The standard InChI is InChI=1S/C24H26N2O4/c1-29-20-12-16-8-10-25-11-9-24(14-19(25)18(16)13-21(20)30-2)15-22(27)26(23(24)28)17-6-4-3-5-7-17/h3-7,12-13,19H,8-11,14-15H2,1-2H3. The highest BCUT2D eigenvalue weighted by Gasteiger charge is 2.55. The summed E-state index contributed by atoms with van der Waals surface area (Å²) in [5.41, 5.74) is 2.47. The van der Waals surface area contributed by atoms with Gasteiger partial charge in [-0.05, 0) is 61.2 Å². The summed E-state index contributed by atoms with van der Waals surface area (Å²) in [5, 5.41) is 0. The van der Waals surface area contributed by atoms with E-state index in [1.54, 1.807) is 14.2 Å². The Balaban J connectivity index is 1.50. The largest absolute Gasteiger partial charge is 0.493 e. The molecule has 0 bridgehead atoms. The average Bonchev–Trinajstić information content (AvgIpc) is 3.02. The first kappa shape index (κ1) is 19.1. The number of carbonyl (C=O) groups is 2. The highest BCUT2D eigenvalue weighted by molar-refractivity contribution is 6.22. The van der Waals surface area contributed by atoms with Crippen LogP contribution in [0.2, 0.25) is 0 Å². The van der Waals surface area contributed by atoms with Gasteiger partial charge in [-0.2, -0.15) is 0 Å². The van der Waals surface area contributed by atoms with Crippen molar-refractivity contribution in [1.29, 1.82) is 0 Å². The van der Waals surface area contributed by atoms with Crippen LogP contribution in [0.25, 0.3) is 0 Å². The van der Waals surface area contributed by atoms with Gasteiger partial charge in [0.1, 0.15) is 0 Å². The van der Waals surface area contributed by atoms with Crippen LogP contribution in [0.4, 0.5) is 5.69 Å². The number of hydrogen-bond donors (Lipinski definition) is 0. The molecule has 2 aromatic rings. The second-order valence-corrected chi connectivity index (χ2v) is 8.49. The first-order valence-corrected chi connectivity index (χ1v) is 10.5. The zero-order valence-corrected chi connectivity index (χ0v) is 17.4. The highest BCUT2D eigenvalue weighted by Crippen LogP contribution is 2.52. The van der Waals surface area contributed by atoms with Crippen LogP contribution in [0.1, 0.15) is 36.4 Å². The van der Waals surface area contributed by atoms with Crippen LogP contribution >= 0.6 is 0 Å². The number of fused-ring (bicyclic) bond motifs is 3. The molecule has 1 spiro atoms. The Hall–Kier alpha value is -2.86. The van der Waals surface area contributed by atoms with Gasteiger partial charge in [0.05, 0.1) is 25.3 Å². The average molecular weight is 406 g/mol. The number of hydrogen-bond acceptors (Lipinski definition) is 5. The van der Waals surface area contributed by atoms with Gasteiger partial charge in [0.25, 0.3) is 0 Å². The third-order valence-electron chi connectivity index (χ3n) is 6.99. The third kappa shape index (κ3) is 2.82. The van der Waals surface area contributed by atoms with Gasteiger partial charge >= 0.3 is 0 Å². The van der Waals surface area contributed by atoms with Crippen LogP contribution < -0.4 is 14.4 Å². The van der Waals surface area contributed by atoms with Gasteiger partial charge in [-0.3, -0.25) is 19.4 Å². The monoisotopic (exact) mass is 406 g/mol. The van der Waals surface area contributed by atoms with E-state index in [0.29, 0.717) is 17.9 Å². The Morgan fingerprint density at radius 1 is 1.00 bits per heavy atom. The minimum absolute atomic E-state index is 0.0500. The fourth-order valence-corrected chi connectivity index (χ4v) is 5.40. The minimum Gasteiger partial charge on any atom is -0.493 e. The maximum atomic E-state index is 13.5. The van der Waals surface area contributed by atoms with E-state index < -0.39 is 5.41 Å². The van der Waals surface area contributed by atoms with Crippen molar-refractivity contribution in [2.75, 3.05) is 32.2 Å². The second kappa shape index (κ2) is 7.13. The molecule has 0 radical (unpaired) electrons. The third-order valence-corrected chi connectivity index (χ3v) is 6.99. The number of para-hydroxylation sites is 1. The smallest absolute Gasteiger partial charge is 0.240 e. The van der Waals surface area contributed by atoms with Gasteiger partial charge < -0.3 is 9.47 Å². The van der Waals surface area contributed by atoms with Gasteiger partial charge in [-0.15, -0.1) is 0 Å². The number of amides is 2. The molecule has 30 heavy (non-hydrogen) atoms. The quantitative estimate of drug-likeness (QED) is 0.732. The molecule has 2 aromatic carbocycles. The lowest BCUT2D eigenvalue weighted by Gasteiger charge is -2.46. The number of anilines is 1. The minimum atomic E-state index is -0.629. The van der Waals surface area contributed by atoms with E-state index in [1.165, 1.54) is 16.0 Å². The molecular formula is C24H26N2O4. The van der Waals surface area contributed by atoms with Crippen molar-refractivity contribution < 1.29 is 19.1 Å². The van der Waals surface area contributed by atoms with Crippen LogP contribution in [0.5, 0.6) is 11.5 Å². The van der Waals surface area contributed by atoms with Crippen LogP contribution in [0.3, 0.4) is 0 Å². The van der Waals surface area contributed by atoms with Gasteiger partial charge in [-0.1, -0.05) is 18.2 Å². The molecular weight excluding hydrogens is 380 g/mol. The van der Waals surface area contributed by atoms with E-state index in [4.69, 9.17) is 9.47 Å². The molecule has 0 aromatic heterocycles. The van der Waals surface area contributed by atoms with Crippen molar-refractivity contribution in [2.24, 2.45) is 5.41 Å². The fourth-order valence-electron chi connectivity index (χ4n) is 5.40. The maximum Gasteiger partial charge on any atom is 0.240 e. The molecule has 6 nitrogen and oxygen atoms in total. The lowest BCUT2D eigenvalue weighted by molar-refractivity contribution is -0.129. The zero-order valence-electron chi connectivity index (χ0n) is 17.4. The molecule has 5 rings (SSSR count). The SMILES string of the molecule is COc1cc2c(cc1OC)C1CC3(CCN1CC2)CC(=O)N(c1ccccc1)C3=O. The van der Waals surface area contributed by atoms with Crippen molar-refractivity contribution in [1.82, 2.24) is 4.90 Å². The molecule has 6 heteroatoms. The topological polar surface area (TPSA) is 59.1 Å². The Kier molecular flexibility index (Phi) is 4.54. The molecule has 2 amide bonds. The Bertz CT molecular complexity index is 1010. The second-order valence-electron chi connectivity index (χ2n) is 8.49. The van der Waals surface area contributed by atoms with E-state index >= 15 is 0 Å². The van der Waals surface area contributed by atoms with Crippen molar-refractivity contribution in [3.63, 3.8) is 0 Å². The zero-order chi connectivity index (χ0) is 20.9. The number of carbonyl (C=O) groups excluding carboxylic acids is 2. The molecule has 0 N–H and O–H groups in total. The van der Waals surface area contributed by atoms with Crippen molar-refractivity contribution in [2.45, 2.75) is 31.7 Å². The van der Waals surface area contributed by atoms with Gasteiger partial charge in [0.15, 0.2) is 11.5 Å². The molecule has 0 saturated carbocycles. The summed E-state index contributed by atoms with van der Waals surface area (Å²) in [6.45, 7) is 1.77. The lowest BCUT2D eigenvalue weighted by Crippen LogP contribution is -2.48. The lowest BCUT2D eigenvalue weighted by atomic mass is 9.70. The van der Waals surface area contributed by atoms with E-state index in [-0.39, 0.29) is 24.3 Å². The normalized spacial score (nSPS) is 25.9. The summed E-state index contributed by atoms with van der Waals surface area (Å²) in [5.74, 6) is 1.30. The van der Waals surface area contributed by atoms with Crippen LogP contribution in [-0.4, -0.2) is 44.0 Å². The van der Waals surface area contributed by atoms with E-state index in [2.05, 4.69) is 17.0 Å². The maximum absolute atomic E-state index is 13.5. The highest BCUT2D eigenvalue weighted by atomic mass is 16.5.